The van der Waals surface area contributed by atoms with Gasteiger partial charge in [-0.25, -0.2) is 0 Å². The van der Waals surface area contributed by atoms with E-state index in [1.165, 1.54) is 11.1 Å². The van der Waals surface area contributed by atoms with Gasteiger partial charge in [0, 0.05) is 12.6 Å². The maximum Gasteiger partial charge on any atom is 0.227 e. The molecule has 1 aliphatic carbocycles. The number of rotatable bonds is 4. The Morgan fingerprint density at radius 1 is 1.53 bits per heavy atom. The number of benzene rings is 1. The predicted octanol–water partition coefficient (Wildman–Crippen LogP) is 2.17. The lowest BCUT2D eigenvalue weighted by Gasteiger charge is -2.27. The Kier molecular flexibility index (Phi) is 4.25. The Balaban J connectivity index is 1.84. The van der Waals surface area contributed by atoms with Crippen LogP contribution in [0.25, 0.3) is 0 Å². The third-order valence-electron chi connectivity index (χ3n) is 4.33. The maximum atomic E-state index is 12.2. The van der Waals surface area contributed by atoms with Gasteiger partial charge in [-0.05, 0) is 38.7 Å². The highest BCUT2D eigenvalue weighted by molar-refractivity contribution is 5.83. The summed E-state index contributed by atoms with van der Waals surface area (Å²) in [5, 5.41) is 3.04. The number of aryl methyl sites for hydroxylation is 1. The van der Waals surface area contributed by atoms with Gasteiger partial charge in [0.25, 0.3) is 0 Å². The molecule has 0 heterocycles. The number of nitrogens with one attached hydrogen (secondary N) is 1. The molecule has 19 heavy (non-hydrogen) atoms. The second kappa shape index (κ2) is 5.74. The number of carbonyl (C=O) groups is 1. The third kappa shape index (κ3) is 3.16. The zero-order chi connectivity index (χ0) is 13.9. The molecular formula is C16H24N2O. The van der Waals surface area contributed by atoms with Crippen molar-refractivity contribution in [3.8, 4) is 0 Å². The first kappa shape index (κ1) is 14.1. The van der Waals surface area contributed by atoms with Gasteiger partial charge in [-0.3, -0.25) is 4.79 Å². The number of carbonyl (C=O) groups excluding carboxylic acids is 1. The van der Waals surface area contributed by atoms with Gasteiger partial charge in [-0.15, -0.1) is 0 Å². The molecule has 1 amide bonds. The first-order valence-electron chi connectivity index (χ1n) is 7.12. The zero-order valence-corrected chi connectivity index (χ0v) is 11.9. The van der Waals surface area contributed by atoms with Crippen LogP contribution in [0.1, 0.15) is 37.3 Å². The average Bonchev–Trinajstić information content (AvgIpc) is 2.71. The SMILES string of the molecule is Cc1cccc(CCNC(=O)C2(C)CCCC2N)c1. The first-order chi connectivity index (χ1) is 9.02. The van der Waals surface area contributed by atoms with Crippen LogP contribution in [0.3, 0.4) is 0 Å². The van der Waals surface area contributed by atoms with Crippen LogP contribution in [0.4, 0.5) is 0 Å². The van der Waals surface area contributed by atoms with Gasteiger partial charge < -0.3 is 11.1 Å². The van der Waals surface area contributed by atoms with Crippen molar-refractivity contribution in [3.63, 3.8) is 0 Å². The number of hydrogen-bond acceptors (Lipinski definition) is 2. The van der Waals surface area contributed by atoms with Gasteiger partial charge in [0.2, 0.25) is 5.91 Å². The largest absolute Gasteiger partial charge is 0.355 e. The molecule has 2 unspecified atom stereocenters. The Labute approximate surface area is 115 Å². The van der Waals surface area contributed by atoms with E-state index in [1.807, 2.05) is 6.92 Å². The topological polar surface area (TPSA) is 55.1 Å². The molecule has 2 rings (SSSR count). The van der Waals surface area contributed by atoms with Crippen LogP contribution in [0, 0.1) is 12.3 Å². The van der Waals surface area contributed by atoms with Gasteiger partial charge in [-0.1, -0.05) is 36.2 Å². The van der Waals surface area contributed by atoms with Crippen molar-refractivity contribution >= 4 is 5.91 Å². The lowest BCUT2D eigenvalue weighted by molar-refractivity contribution is -0.130. The third-order valence-corrected chi connectivity index (χ3v) is 4.33. The lowest BCUT2D eigenvalue weighted by atomic mass is 9.84. The summed E-state index contributed by atoms with van der Waals surface area (Å²) in [7, 11) is 0. The highest BCUT2D eigenvalue weighted by Crippen LogP contribution is 2.36. The number of hydrogen-bond donors (Lipinski definition) is 2. The first-order valence-corrected chi connectivity index (χ1v) is 7.12. The fraction of sp³-hybridized carbons (Fsp3) is 0.562. The molecule has 1 fully saturated rings. The minimum atomic E-state index is -0.368. The van der Waals surface area contributed by atoms with E-state index in [2.05, 4.69) is 36.5 Å². The number of nitrogens with two attached hydrogens (primary N) is 1. The van der Waals surface area contributed by atoms with Gasteiger partial charge in [0.05, 0.1) is 5.41 Å². The molecule has 3 heteroatoms. The Morgan fingerprint density at radius 3 is 2.95 bits per heavy atom. The Hall–Kier alpha value is -1.35. The van der Waals surface area contributed by atoms with E-state index >= 15 is 0 Å². The smallest absolute Gasteiger partial charge is 0.227 e. The highest BCUT2D eigenvalue weighted by atomic mass is 16.2. The molecule has 0 saturated heterocycles. The standard InChI is InChI=1S/C16H24N2O/c1-12-5-3-6-13(11-12)8-10-18-15(19)16(2)9-4-7-14(16)17/h3,5-6,11,14H,4,7-10,17H2,1-2H3,(H,18,19). The molecule has 1 aliphatic rings. The molecule has 0 aliphatic heterocycles. The van der Waals surface area contributed by atoms with Crippen molar-refractivity contribution in [1.29, 1.82) is 0 Å². The van der Waals surface area contributed by atoms with Crippen LogP contribution in [0.5, 0.6) is 0 Å². The van der Waals surface area contributed by atoms with E-state index < -0.39 is 0 Å². The summed E-state index contributed by atoms with van der Waals surface area (Å²) < 4.78 is 0. The van der Waals surface area contributed by atoms with E-state index in [0.717, 1.165) is 25.7 Å². The molecule has 0 bridgehead atoms. The van der Waals surface area contributed by atoms with Crippen LogP contribution in [0.2, 0.25) is 0 Å². The van der Waals surface area contributed by atoms with Gasteiger partial charge in [-0.2, -0.15) is 0 Å². The fourth-order valence-electron chi connectivity index (χ4n) is 2.87. The summed E-state index contributed by atoms with van der Waals surface area (Å²) in [5.41, 5.74) is 8.21. The summed E-state index contributed by atoms with van der Waals surface area (Å²) >= 11 is 0. The van der Waals surface area contributed by atoms with Crippen LogP contribution in [0.15, 0.2) is 24.3 Å². The van der Waals surface area contributed by atoms with Crippen molar-refractivity contribution in [2.75, 3.05) is 6.54 Å². The second-order valence-corrected chi connectivity index (χ2v) is 5.91. The molecule has 1 saturated carbocycles. The van der Waals surface area contributed by atoms with Crippen molar-refractivity contribution in [3.05, 3.63) is 35.4 Å². The Bertz CT molecular complexity index is 458. The molecule has 0 spiro atoms. The van der Waals surface area contributed by atoms with Gasteiger partial charge >= 0.3 is 0 Å². The highest BCUT2D eigenvalue weighted by Gasteiger charge is 2.42. The predicted molar refractivity (Wildman–Crippen MR) is 77.8 cm³/mol. The van der Waals surface area contributed by atoms with Crippen molar-refractivity contribution in [1.82, 2.24) is 5.32 Å². The molecule has 0 radical (unpaired) electrons. The summed E-state index contributed by atoms with van der Waals surface area (Å²) in [4.78, 5) is 12.2. The van der Waals surface area contributed by atoms with E-state index in [1.54, 1.807) is 0 Å². The van der Waals surface area contributed by atoms with Gasteiger partial charge in [0.15, 0.2) is 0 Å². The molecular weight excluding hydrogens is 236 g/mol. The quantitative estimate of drug-likeness (QED) is 0.871. The number of amides is 1. The molecule has 3 nitrogen and oxygen atoms in total. The Morgan fingerprint density at radius 2 is 2.32 bits per heavy atom. The van der Waals surface area contributed by atoms with Crippen LogP contribution >= 0.6 is 0 Å². The summed E-state index contributed by atoms with van der Waals surface area (Å²) in [6, 6.07) is 8.41. The van der Waals surface area contributed by atoms with E-state index in [0.29, 0.717) is 6.54 Å². The summed E-state index contributed by atoms with van der Waals surface area (Å²) in [6.45, 7) is 4.76. The minimum absolute atomic E-state index is 0.00599. The molecule has 0 aromatic heterocycles. The molecule has 3 N–H and O–H groups in total. The minimum Gasteiger partial charge on any atom is -0.355 e. The van der Waals surface area contributed by atoms with Crippen LogP contribution < -0.4 is 11.1 Å². The fourth-order valence-corrected chi connectivity index (χ4v) is 2.87. The maximum absolute atomic E-state index is 12.2. The summed E-state index contributed by atoms with van der Waals surface area (Å²) in [6.07, 6.45) is 3.80. The van der Waals surface area contributed by atoms with Gasteiger partial charge in [0.1, 0.15) is 0 Å². The molecule has 2 atom stereocenters. The average molecular weight is 260 g/mol. The monoisotopic (exact) mass is 260 g/mol. The lowest BCUT2D eigenvalue weighted by Crippen LogP contribution is -2.47. The van der Waals surface area contributed by atoms with E-state index in [9.17, 15) is 4.79 Å². The van der Waals surface area contributed by atoms with Crippen molar-refractivity contribution in [2.45, 2.75) is 45.6 Å². The molecule has 1 aromatic rings. The summed E-state index contributed by atoms with van der Waals surface area (Å²) in [5.74, 6) is 0.116. The zero-order valence-electron chi connectivity index (χ0n) is 11.9. The van der Waals surface area contributed by atoms with E-state index in [-0.39, 0.29) is 17.4 Å². The second-order valence-electron chi connectivity index (χ2n) is 5.91. The van der Waals surface area contributed by atoms with Crippen LogP contribution in [-0.4, -0.2) is 18.5 Å². The van der Waals surface area contributed by atoms with Crippen molar-refractivity contribution in [2.24, 2.45) is 11.1 Å². The van der Waals surface area contributed by atoms with Crippen molar-refractivity contribution < 1.29 is 4.79 Å². The molecule has 104 valence electrons. The normalized spacial score (nSPS) is 26.4. The van der Waals surface area contributed by atoms with Crippen LogP contribution in [-0.2, 0) is 11.2 Å². The molecule has 1 aromatic carbocycles. The van der Waals surface area contributed by atoms with E-state index in [4.69, 9.17) is 5.73 Å².